The molecular formula is C17H19Br2N. The summed E-state index contributed by atoms with van der Waals surface area (Å²) in [5.41, 5.74) is 10.1. The van der Waals surface area contributed by atoms with Crippen molar-refractivity contribution < 1.29 is 0 Å². The molecule has 2 rings (SSSR count). The lowest BCUT2D eigenvalue weighted by Crippen LogP contribution is -2.14. The Morgan fingerprint density at radius 3 is 2.05 bits per heavy atom. The van der Waals surface area contributed by atoms with Crippen LogP contribution in [-0.2, 0) is 5.41 Å². The van der Waals surface area contributed by atoms with Gasteiger partial charge >= 0.3 is 0 Å². The van der Waals surface area contributed by atoms with Crippen LogP contribution in [-0.4, -0.2) is 0 Å². The second kappa shape index (κ2) is 6.00. The first-order valence-electron chi connectivity index (χ1n) is 6.60. The van der Waals surface area contributed by atoms with Gasteiger partial charge in [0.25, 0.3) is 0 Å². The molecule has 20 heavy (non-hydrogen) atoms. The van der Waals surface area contributed by atoms with E-state index in [0.717, 1.165) is 20.1 Å². The fraction of sp³-hybridized carbons (Fsp3) is 0.294. The highest BCUT2D eigenvalue weighted by Gasteiger charge is 2.16. The van der Waals surface area contributed by atoms with Gasteiger partial charge in [0.05, 0.1) is 6.04 Å². The molecule has 3 heteroatoms. The van der Waals surface area contributed by atoms with Crippen LogP contribution < -0.4 is 5.73 Å². The summed E-state index contributed by atoms with van der Waals surface area (Å²) in [6.07, 6.45) is 0. The molecule has 2 aromatic rings. The van der Waals surface area contributed by atoms with Crippen LogP contribution in [0.4, 0.5) is 0 Å². The van der Waals surface area contributed by atoms with Crippen molar-refractivity contribution in [2.45, 2.75) is 32.2 Å². The smallest absolute Gasteiger partial charge is 0.0562 e. The van der Waals surface area contributed by atoms with E-state index >= 15 is 0 Å². The van der Waals surface area contributed by atoms with Gasteiger partial charge in [-0.05, 0) is 34.2 Å². The van der Waals surface area contributed by atoms with Gasteiger partial charge in [-0.3, -0.25) is 0 Å². The standard InChI is InChI=1S/C17H19Br2N/c1-17(2,3)12-6-4-11(5-7-12)16(20)14-9-8-13(18)10-15(14)19/h4-10,16H,20H2,1-3H3. The van der Waals surface area contributed by atoms with Gasteiger partial charge in [0.15, 0.2) is 0 Å². The molecule has 0 saturated carbocycles. The molecule has 0 aromatic heterocycles. The number of rotatable bonds is 2. The molecule has 1 nitrogen and oxygen atoms in total. The van der Waals surface area contributed by atoms with Crippen molar-refractivity contribution in [1.82, 2.24) is 0 Å². The van der Waals surface area contributed by atoms with Crippen LogP contribution in [0.5, 0.6) is 0 Å². The molecule has 0 amide bonds. The maximum atomic E-state index is 6.38. The lowest BCUT2D eigenvalue weighted by atomic mass is 9.86. The Balaban J connectivity index is 2.31. The largest absolute Gasteiger partial charge is 0.320 e. The van der Waals surface area contributed by atoms with Gasteiger partial charge in [0, 0.05) is 8.95 Å². The summed E-state index contributed by atoms with van der Waals surface area (Å²) in [7, 11) is 0. The minimum absolute atomic E-state index is 0.119. The van der Waals surface area contributed by atoms with Gasteiger partial charge in [0.1, 0.15) is 0 Å². The molecule has 0 bridgehead atoms. The van der Waals surface area contributed by atoms with Crippen LogP contribution in [0.25, 0.3) is 0 Å². The molecule has 2 aromatic carbocycles. The van der Waals surface area contributed by atoms with Gasteiger partial charge in [-0.25, -0.2) is 0 Å². The molecule has 0 aliphatic heterocycles. The Morgan fingerprint density at radius 1 is 0.950 bits per heavy atom. The van der Waals surface area contributed by atoms with E-state index in [1.54, 1.807) is 0 Å². The summed E-state index contributed by atoms with van der Waals surface area (Å²) in [4.78, 5) is 0. The average Bonchev–Trinajstić information content (AvgIpc) is 2.37. The van der Waals surface area contributed by atoms with Crippen molar-refractivity contribution in [3.8, 4) is 0 Å². The molecule has 106 valence electrons. The fourth-order valence-corrected chi connectivity index (χ4v) is 3.42. The van der Waals surface area contributed by atoms with E-state index in [-0.39, 0.29) is 11.5 Å². The Kier molecular flexibility index (Phi) is 4.73. The second-order valence-corrected chi connectivity index (χ2v) is 7.79. The predicted molar refractivity (Wildman–Crippen MR) is 93.0 cm³/mol. The lowest BCUT2D eigenvalue weighted by Gasteiger charge is -2.21. The summed E-state index contributed by atoms with van der Waals surface area (Å²) >= 11 is 7.04. The summed E-state index contributed by atoms with van der Waals surface area (Å²) in [5.74, 6) is 0. The predicted octanol–water partition coefficient (Wildman–Crippen LogP) is 5.56. The highest BCUT2D eigenvalue weighted by Crippen LogP contribution is 2.30. The average molecular weight is 397 g/mol. The number of hydrogen-bond donors (Lipinski definition) is 1. The molecule has 0 radical (unpaired) electrons. The quantitative estimate of drug-likeness (QED) is 0.706. The highest BCUT2D eigenvalue weighted by molar-refractivity contribution is 9.11. The van der Waals surface area contributed by atoms with Crippen LogP contribution in [0.3, 0.4) is 0 Å². The van der Waals surface area contributed by atoms with E-state index in [0.29, 0.717) is 0 Å². The maximum Gasteiger partial charge on any atom is 0.0562 e. The third kappa shape index (κ3) is 3.51. The molecule has 0 aliphatic rings. The van der Waals surface area contributed by atoms with E-state index in [4.69, 9.17) is 5.73 Å². The minimum Gasteiger partial charge on any atom is -0.320 e. The van der Waals surface area contributed by atoms with E-state index in [1.165, 1.54) is 5.56 Å². The van der Waals surface area contributed by atoms with Crippen molar-refractivity contribution >= 4 is 31.9 Å². The SMILES string of the molecule is CC(C)(C)c1ccc(C(N)c2ccc(Br)cc2Br)cc1. The maximum absolute atomic E-state index is 6.38. The number of halogens is 2. The van der Waals surface area contributed by atoms with Gasteiger partial charge in [0.2, 0.25) is 0 Å². The lowest BCUT2D eigenvalue weighted by molar-refractivity contribution is 0.589. The molecule has 1 atom stereocenters. The molecule has 0 heterocycles. The molecule has 0 saturated heterocycles. The molecule has 0 spiro atoms. The number of benzene rings is 2. The van der Waals surface area contributed by atoms with Crippen molar-refractivity contribution in [3.63, 3.8) is 0 Å². The zero-order chi connectivity index (χ0) is 14.9. The molecular weight excluding hydrogens is 378 g/mol. The second-order valence-electron chi connectivity index (χ2n) is 6.02. The van der Waals surface area contributed by atoms with Crippen LogP contribution >= 0.6 is 31.9 Å². The minimum atomic E-state index is -0.119. The van der Waals surface area contributed by atoms with E-state index in [2.05, 4.69) is 83.0 Å². The zero-order valence-corrected chi connectivity index (χ0v) is 15.1. The summed E-state index contributed by atoms with van der Waals surface area (Å²) in [5, 5.41) is 0. The first-order chi connectivity index (χ1) is 9.29. The monoisotopic (exact) mass is 395 g/mol. The van der Waals surface area contributed by atoms with E-state index < -0.39 is 0 Å². The van der Waals surface area contributed by atoms with Gasteiger partial charge < -0.3 is 5.73 Å². The fourth-order valence-electron chi connectivity index (χ4n) is 2.12. The summed E-state index contributed by atoms with van der Waals surface area (Å²) in [6, 6.07) is 14.6. The number of hydrogen-bond acceptors (Lipinski definition) is 1. The van der Waals surface area contributed by atoms with Crippen molar-refractivity contribution in [2.24, 2.45) is 5.73 Å². The van der Waals surface area contributed by atoms with Crippen molar-refractivity contribution in [2.75, 3.05) is 0 Å². The van der Waals surface area contributed by atoms with E-state index in [1.807, 2.05) is 12.1 Å². The first kappa shape index (κ1) is 15.7. The van der Waals surface area contributed by atoms with Crippen LogP contribution in [0.1, 0.15) is 43.5 Å². The molecule has 2 N–H and O–H groups in total. The summed E-state index contributed by atoms with van der Waals surface area (Å²) < 4.78 is 2.07. The Labute approximate surface area is 137 Å². The summed E-state index contributed by atoms with van der Waals surface area (Å²) in [6.45, 7) is 6.65. The van der Waals surface area contributed by atoms with Gasteiger partial charge in [-0.2, -0.15) is 0 Å². The topological polar surface area (TPSA) is 26.0 Å². The molecule has 1 unspecified atom stereocenters. The first-order valence-corrected chi connectivity index (χ1v) is 8.18. The van der Waals surface area contributed by atoms with Crippen LogP contribution in [0.15, 0.2) is 51.4 Å². The third-order valence-electron chi connectivity index (χ3n) is 3.43. The van der Waals surface area contributed by atoms with Crippen molar-refractivity contribution in [3.05, 3.63) is 68.1 Å². The van der Waals surface area contributed by atoms with Gasteiger partial charge in [-0.15, -0.1) is 0 Å². The van der Waals surface area contributed by atoms with Crippen LogP contribution in [0, 0.1) is 0 Å². The number of nitrogens with two attached hydrogens (primary N) is 1. The molecule has 0 fully saturated rings. The van der Waals surface area contributed by atoms with Gasteiger partial charge in [-0.1, -0.05) is 83.0 Å². The Morgan fingerprint density at radius 2 is 1.55 bits per heavy atom. The Hall–Kier alpha value is -0.640. The molecule has 0 aliphatic carbocycles. The Bertz CT molecular complexity index is 597. The van der Waals surface area contributed by atoms with Crippen LogP contribution in [0.2, 0.25) is 0 Å². The van der Waals surface area contributed by atoms with Crippen molar-refractivity contribution in [1.29, 1.82) is 0 Å². The highest BCUT2D eigenvalue weighted by atomic mass is 79.9. The zero-order valence-electron chi connectivity index (χ0n) is 12.0. The normalized spacial score (nSPS) is 13.3. The van der Waals surface area contributed by atoms with E-state index in [9.17, 15) is 0 Å². The third-order valence-corrected chi connectivity index (χ3v) is 4.61.